The van der Waals surface area contributed by atoms with Gasteiger partial charge in [0.15, 0.2) is 6.10 Å². The fourth-order valence-corrected chi connectivity index (χ4v) is 3.89. The van der Waals surface area contributed by atoms with Crippen molar-refractivity contribution in [1.29, 1.82) is 0 Å². The molecule has 0 aliphatic heterocycles. The smallest absolute Gasteiger partial charge is 0.409 e. The Labute approximate surface area is 234 Å². The van der Waals surface area contributed by atoms with Crippen molar-refractivity contribution in [2.45, 2.75) is 32.3 Å². The van der Waals surface area contributed by atoms with Crippen molar-refractivity contribution < 1.29 is 38.0 Å². The summed E-state index contributed by atoms with van der Waals surface area (Å²) < 4.78 is 35.4. The molecular weight excluding hydrogens is 517 g/mol. The molecule has 9 heteroatoms. The fraction of sp³-hybridized carbons (Fsp3) is 0.355. The Hall–Kier alpha value is -4.11. The number of carbonyl (C=O) groups excluding carboxylic acids is 1. The first-order valence-electron chi connectivity index (χ1n) is 13.3. The van der Waals surface area contributed by atoms with Crippen LogP contribution in [0.1, 0.15) is 24.5 Å². The van der Waals surface area contributed by atoms with Crippen LogP contribution in [0.4, 0.5) is 9.18 Å². The molecule has 40 heavy (non-hydrogen) atoms. The van der Waals surface area contributed by atoms with Crippen molar-refractivity contribution in [2.24, 2.45) is 0 Å². The standard InChI is InChI=1S/C31H36FNO7/c1-2-37-29(30(34)35)23-25-9-13-27(14-10-25)39-22-19-33(18-6-20-38-28-15-11-26(32)12-16-28)31(36)40-21-17-24-7-4-3-5-8-24/h3-5,7-16,29H,2,6,17-23H2,1H3,(H,34,35). The maximum absolute atomic E-state index is 13.1. The van der Waals surface area contributed by atoms with E-state index in [0.29, 0.717) is 50.6 Å². The number of carboxylic acid groups (broad SMARTS) is 1. The van der Waals surface area contributed by atoms with Crippen molar-refractivity contribution in [2.75, 3.05) is 39.5 Å². The maximum Gasteiger partial charge on any atom is 0.409 e. The molecule has 1 atom stereocenters. The van der Waals surface area contributed by atoms with Gasteiger partial charge in [0.25, 0.3) is 0 Å². The van der Waals surface area contributed by atoms with Crippen LogP contribution < -0.4 is 9.47 Å². The van der Waals surface area contributed by atoms with E-state index in [0.717, 1.165) is 11.1 Å². The molecule has 3 aromatic carbocycles. The topological polar surface area (TPSA) is 94.5 Å². The zero-order valence-electron chi connectivity index (χ0n) is 22.7. The number of hydrogen-bond acceptors (Lipinski definition) is 6. The zero-order valence-corrected chi connectivity index (χ0v) is 22.7. The molecule has 8 nitrogen and oxygen atoms in total. The summed E-state index contributed by atoms with van der Waals surface area (Å²) in [5.74, 6) is -0.174. The highest BCUT2D eigenvalue weighted by Gasteiger charge is 2.18. The van der Waals surface area contributed by atoms with Crippen LogP contribution in [-0.2, 0) is 27.1 Å². The van der Waals surface area contributed by atoms with Gasteiger partial charge in [0, 0.05) is 26.0 Å². The van der Waals surface area contributed by atoms with Crippen LogP contribution in [-0.4, -0.2) is 67.7 Å². The summed E-state index contributed by atoms with van der Waals surface area (Å²) in [6.45, 7) is 3.61. The summed E-state index contributed by atoms with van der Waals surface area (Å²) in [7, 11) is 0. The second kappa shape index (κ2) is 16.8. The molecule has 0 saturated carbocycles. The van der Waals surface area contributed by atoms with Crippen molar-refractivity contribution in [3.05, 3.63) is 95.8 Å². The molecule has 0 aliphatic rings. The molecule has 0 heterocycles. The molecule has 1 amide bonds. The lowest BCUT2D eigenvalue weighted by Crippen LogP contribution is -2.36. The third-order valence-electron chi connectivity index (χ3n) is 5.99. The molecule has 0 aliphatic carbocycles. The quantitative estimate of drug-likeness (QED) is 0.224. The average Bonchev–Trinajstić information content (AvgIpc) is 2.96. The average molecular weight is 554 g/mol. The van der Waals surface area contributed by atoms with E-state index in [2.05, 4.69) is 0 Å². The molecule has 0 bridgehead atoms. The lowest BCUT2D eigenvalue weighted by Gasteiger charge is -2.22. The zero-order chi connectivity index (χ0) is 28.6. The van der Waals surface area contributed by atoms with Crippen LogP contribution in [0.15, 0.2) is 78.9 Å². The van der Waals surface area contributed by atoms with E-state index in [1.165, 1.54) is 12.1 Å². The minimum absolute atomic E-state index is 0.239. The van der Waals surface area contributed by atoms with Gasteiger partial charge in [0.05, 0.1) is 19.8 Å². The summed E-state index contributed by atoms with van der Waals surface area (Å²) in [6, 6.07) is 22.7. The van der Waals surface area contributed by atoms with Crippen molar-refractivity contribution in [1.82, 2.24) is 4.90 Å². The summed E-state index contributed by atoms with van der Waals surface area (Å²) >= 11 is 0. The van der Waals surface area contributed by atoms with Crippen molar-refractivity contribution in [3.8, 4) is 11.5 Å². The Kier molecular flexibility index (Phi) is 12.8. The first kappa shape index (κ1) is 30.4. The van der Waals surface area contributed by atoms with Gasteiger partial charge in [0.2, 0.25) is 0 Å². The molecule has 0 spiro atoms. The summed E-state index contributed by atoms with van der Waals surface area (Å²) in [5.41, 5.74) is 1.90. The molecule has 3 aromatic rings. The van der Waals surface area contributed by atoms with Crippen LogP contribution in [0.3, 0.4) is 0 Å². The molecule has 3 rings (SSSR count). The molecule has 0 aromatic heterocycles. The Morgan fingerprint density at radius 1 is 0.825 bits per heavy atom. The number of carbonyl (C=O) groups is 2. The van der Waals surface area contributed by atoms with Crippen LogP contribution >= 0.6 is 0 Å². The monoisotopic (exact) mass is 553 g/mol. The number of aliphatic carboxylic acids is 1. The van der Waals surface area contributed by atoms with Gasteiger partial charge in [-0.1, -0.05) is 42.5 Å². The van der Waals surface area contributed by atoms with Crippen LogP contribution in [0.25, 0.3) is 0 Å². The summed E-state index contributed by atoms with van der Waals surface area (Å²) in [4.78, 5) is 25.7. The van der Waals surface area contributed by atoms with Crippen LogP contribution in [0.2, 0.25) is 0 Å². The van der Waals surface area contributed by atoms with Gasteiger partial charge >= 0.3 is 12.1 Å². The van der Waals surface area contributed by atoms with Crippen molar-refractivity contribution in [3.63, 3.8) is 0 Å². The molecule has 1 N–H and O–H groups in total. The van der Waals surface area contributed by atoms with Gasteiger partial charge < -0.3 is 29.0 Å². The first-order valence-corrected chi connectivity index (χ1v) is 13.3. The normalized spacial score (nSPS) is 11.4. The number of amides is 1. The van der Waals surface area contributed by atoms with Gasteiger partial charge in [-0.3, -0.25) is 0 Å². The van der Waals surface area contributed by atoms with Crippen LogP contribution in [0.5, 0.6) is 11.5 Å². The van der Waals surface area contributed by atoms with E-state index in [1.807, 2.05) is 30.3 Å². The Balaban J connectivity index is 1.49. The lowest BCUT2D eigenvalue weighted by molar-refractivity contribution is -0.149. The molecular formula is C31H36FNO7. The highest BCUT2D eigenvalue weighted by molar-refractivity contribution is 5.72. The van der Waals surface area contributed by atoms with E-state index in [9.17, 15) is 19.1 Å². The minimum Gasteiger partial charge on any atom is -0.494 e. The van der Waals surface area contributed by atoms with Crippen molar-refractivity contribution >= 4 is 12.1 Å². The van der Waals surface area contributed by atoms with Gasteiger partial charge in [-0.15, -0.1) is 0 Å². The first-order chi connectivity index (χ1) is 19.4. The van der Waals surface area contributed by atoms with Gasteiger partial charge in [-0.05, 0) is 60.9 Å². The number of nitrogens with zero attached hydrogens (tertiary/aromatic N) is 1. The Bertz CT molecular complexity index is 1160. The largest absolute Gasteiger partial charge is 0.494 e. The van der Waals surface area contributed by atoms with E-state index in [1.54, 1.807) is 48.2 Å². The number of carboxylic acids is 1. The molecule has 214 valence electrons. The van der Waals surface area contributed by atoms with Gasteiger partial charge in [-0.25, -0.2) is 14.0 Å². The highest BCUT2D eigenvalue weighted by Crippen LogP contribution is 2.15. The SMILES string of the molecule is CCOC(Cc1ccc(OCCN(CCCOc2ccc(F)cc2)C(=O)OCCc2ccccc2)cc1)C(=O)O. The second-order valence-corrected chi connectivity index (χ2v) is 8.97. The van der Waals surface area contributed by atoms with E-state index in [-0.39, 0.29) is 25.5 Å². The molecule has 0 fully saturated rings. The number of benzene rings is 3. The maximum atomic E-state index is 13.1. The Morgan fingerprint density at radius 3 is 2.12 bits per heavy atom. The van der Waals surface area contributed by atoms with Crippen LogP contribution in [0, 0.1) is 5.82 Å². The van der Waals surface area contributed by atoms with Gasteiger partial charge in [0.1, 0.15) is 23.9 Å². The number of hydrogen-bond donors (Lipinski definition) is 1. The fourth-order valence-electron chi connectivity index (χ4n) is 3.89. The highest BCUT2D eigenvalue weighted by atomic mass is 19.1. The predicted octanol–water partition coefficient (Wildman–Crippen LogP) is 5.39. The molecule has 1 unspecified atom stereocenters. The number of rotatable bonds is 17. The lowest BCUT2D eigenvalue weighted by atomic mass is 10.1. The third-order valence-corrected chi connectivity index (χ3v) is 5.99. The Morgan fingerprint density at radius 2 is 1.48 bits per heavy atom. The summed E-state index contributed by atoms with van der Waals surface area (Å²) in [5, 5.41) is 9.28. The number of halogens is 1. The predicted molar refractivity (Wildman–Crippen MR) is 148 cm³/mol. The van der Waals surface area contributed by atoms with E-state index in [4.69, 9.17) is 18.9 Å². The minimum atomic E-state index is -0.999. The molecule has 0 saturated heterocycles. The summed E-state index contributed by atoms with van der Waals surface area (Å²) in [6.07, 6.45) is 0.0805. The number of ether oxygens (including phenoxy) is 4. The molecule has 0 radical (unpaired) electrons. The van der Waals surface area contributed by atoms with Gasteiger partial charge in [-0.2, -0.15) is 0 Å². The van der Waals surface area contributed by atoms with E-state index >= 15 is 0 Å². The second-order valence-electron chi connectivity index (χ2n) is 8.97. The van der Waals surface area contributed by atoms with E-state index < -0.39 is 18.2 Å². The third kappa shape index (κ3) is 10.9.